The number of carbonyl (C=O) groups excluding carboxylic acids is 3. The van der Waals surface area contributed by atoms with Gasteiger partial charge >= 0.3 is 69.5 Å². The van der Waals surface area contributed by atoms with Gasteiger partial charge in [-0.25, -0.2) is 21.0 Å². The summed E-state index contributed by atoms with van der Waals surface area (Å²) in [7, 11) is -8.97. The third kappa shape index (κ3) is 29.7. The van der Waals surface area contributed by atoms with E-state index in [1.165, 1.54) is 76.6 Å². The number of methoxy groups -OCH3 is 2. The van der Waals surface area contributed by atoms with Crippen LogP contribution in [0.1, 0.15) is 20.3 Å². The van der Waals surface area contributed by atoms with E-state index in [-0.39, 0.29) is 141 Å². The molecular weight excluding hydrogens is 1070 g/mol. The van der Waals surface area contributed by atoms with Crippen LogP contribution in [-0.2, 0) is 62.2 Å². The monoisotopic (exact) mass is 1110 g/mol. The second kappa shape index (κ2) is 37.4. The summed E-state index contributed by atoms with van der Waals surface area (Å²) in [6.07, 6.45) is -0.113. The van der Waals surface area contributed by atoms with Crippen molar-refractivity contribution in [3.63, 3.8) is 0 Å². The molecule has 0 saturated carbocycles. The topological polar surface area (TPSA) is 400 Å². The maximum absolute atomic E-state index is 12.5. The van der Waals surface area contributed by atoms with Gasteiger partial charge in [-0.05, 0) is 86.6 Å². The maximum atomic E-state index is 12.5. The van der Waals surface area contributed by atoms with E-state index in [4.69, 9.17) is 34.1 Å². The van der Waals surface area contributed by atoms with Crippen LogP contribution in [0.25, 0.3) is 0 Å². The molecule has 0 fully saturated rings. The molecule has 0 aliphatic heterocycles. The Bertz CT molecular complexity index is 2670. The Kier molecular flexibility index (Phi) is 37.4. The second-order valence-corrected chi connectivity index (χ2v) is 18.3. The number of hydrogen-bond acceptors (Lipinski definition) is 24. The first-order valence-corrected chi connectivity index (χ1v) is 23.8. The summed E-state index contributed by atoms with van der Waals surface area (Å²) in [6, 6.07) is 24.5. The van der Waals surface area contributed by atoms with Crippen LogP contribution in [0.5, 0.6) is 11.5 Å². The number of rotatable bonds is 21. The van der Waals surface area contributed by atoms with Gasteiger partial charge in [0.2, 0.25) is 5.91 Å². The molecule has 0 atom stereocenters. The van der Waals surface area contributed by atoms with Gasteiger partial charge in [-0.15, -0.1) is 27.2 Å². The Hall–Kier alpha value is -4.32. The molecular formula is C38H45ClN6Na2O20S4. The summed E-state index contributed by atoms with van der Waals surface area (Å²) in [5.41, 5.74) is 6.67. The Labute approximate surface area is 463 Å². The van der Waals surface area contributed by atoms with Gasteiger partial charge in [0, 0.05) is 5.69 Å². The number of aliphatic hydroxyl groups excluding tert-OH is 1. The number of hydrogen-bond donors (Lipinski definition) is 5. The van der Waals surface area contributed by atoms with Crippen LogP contribution in [0, 0.1) is 10.1 Å². The molecule has 380 valence electrons. The Balaban J connectivity index is -0.00000102. The fourth-order valence-corrected chi connectivity index (χ4v) is 7.47. The smallest absolute Gasteiger partial charge is 0.691 e. The van der Waals surface area contributed by atoms with Crippen LogP contribution < -0.4 is 90.2 Å². The van der Waals surface area contributed by atoms with E-state index in [2.05, 4.69) is 34.4 Å². The van der Waals surface area contributed by atoms with Gasteiger partial charge in [0.1, 0.15) is 23.0 Å². The maximum Gasteiger partial charge on any atom is 1.00 e. The van der Waals surface area contributed by atoms with Crippen LogP contribution in [0.3, 0.4) is 0 Å². The molecule has 0 unspecified atom stereocenters. The number of nitrogen functional groups attached to an aromatic ring is 1. The standard InChI is InChI=1S/C19H21N3O9S2.C11H13NO3.C8H11NO6S2.ClH.HNO2.2Na/c1-13(23)18(19(24)20-16-5-3-4-6-17(16)28-2)22-21-14-7-9-15(10-8-14)33(26,27)12-11-29-32-31-30-25;1-8(13)7-11(14)12-9-5-3-4-6-10(9)15-2;9-7-1-3-8(4-2-7)16(10,11)6-5-15-17(12,13)14;;2-1-3;;/h3-10,23,25H,11-12H2,1-2H3,(H,20,24);3-6H,7H2,1-2H3,(H,12,14);1-4H,5-6,9H2,(H,12,13,14);1H;(H,2,3);;/q;;;;;2*+1/p-2. The van der Waals surface area contributed by atoms with Crippen LogP contribution in [-0.4, -0.2) is 91.4 Å². The molecule has 2 amide bonds. The first kappa shape index (κ1) is 70.9. The number of ketones is 1. The predicted molar refractivity (Wildman–Crippen MR) is 249 cm³/mol. The molecule has 6 N–H and O–H groups in total. The molecule has 33 heteroatoms. The summed E-state index contributed by atoms with van der Waals surface area (Å²) >= 11 is 0.217. The number of carbonyl (C=O) groups is 3. The summed E-state index contributed by atoms with van der Waals surface area (Å²) in [6.45, 7) is 1.76. The fourth-order valence-electron chi connectivity index (χ4n) is 4.58. The number of nitrogens with one attached hydrogen (secondary N) is 2. The average Bonchev–Trinajstić information content (AvgIpc) is 3.27. The molecule has 0 aromatic heterocycles. The van der Waals surface area contributed by atoms with E-state index in [0.29, 0.717) is 28.6 Å². The van der Waals surface area contributed by atoms with Crippen molar-refractivity contribution >= 4 is 95.2 Å². The van der Waals surface area contributed by atoms with Crippen molar-refractivity contribution < 1.29 is 141 Å². The number of aliphatic hydroxyl groups is 1. The molecule has 4 aromatic carbocycles. The number of amides is 2. The summed E-state index contributed by atoms with van der Waals surface area (Å²) in [5.74, 6) is -1.51. The summed E-state index contributed by atoms with van der Waals surface area (Å²) in [4.78, 5) is 42.5. The molecule has 0 spiro atoms. The largest absolute Gasteiger partial charge is 1.00 e. The number of anilines is 3. The van der Waals surface area contributed by atoms with Gasteiger partial charge < -0.3 is 46.3 Å². The van der Waals surface area contributed by atoms with E-state index < -0.39 is 48.3 Å². The number of para-hydroxylation sites is 4. The average molecular weight is 1120 g/mol. The zero-order chi connectivity index (χ0) is 51.3. The number of sulfone groups is 2. The third-order valence-corrected chi connectivity index (χ3v) is 11.8. The molecule has 0 aliphatic carbocycles. The first-order valence-electron chi connectivity index (χ1n) is 18.4. The minimum absolute atomic E-state index is 0. The zero-order valence-corrected chi connectivity index (χ0v) is 46.6. The van der Waals surface area contributed by atoms with Crippen molar-refractivity contribution in [1.29, 1.82) is 0 Å². The van der Waals surface area contributed by atoms with Gasteiger partial charge in [0.15, 0.2) is 37.7 Å². The van der Waals surface area contributed by atoms with E-state index >= 15 is 0 Å². The number of azo groups is 1. The van der Waals surface area contributed by atoms with Gasteiger partial charge in [-0.1, -0.05) is 24.3 Å². The van der Waals surface area contributed by atoms with Crippen molar-refractivity contribution in [2.75, 3.05) is 55.3 Å². The van der Waals surface area contributed by atoms with Gasteiger partial charge in [0.25, 0.3) is 5.91 Å². The van der Waals surface area contributed by atoms with E-state index in [1.54, 1.807) is 48.5 Å². The number of nitrogens with two attached hydrogens (primary N) is 1. The zero-order valence-electron chi connectivity index (χ0n) is 38.5. The number of Topliss-reactive ketones (excluding diaryl/α,β-unsaturated/α-hetero) is 1. The van der Waals surface area contributed by atoms with Crippen molar-refractivity contribution in [2.24, 2.45) is 15.6 Å². The van der Waals surface area contributed by atoms with Crippen LogP contribution in [0.15, 0.2) is 134 Å². The number of halogens is 1. The quantitative estimate of drug-likeness (QED) is 0.00540. The molecule has 4 rings (SSSR count). The number of nitrogens with zero attached hydrogens (tertiary/aromatic N) is 3. The molecule has 26 nitrogen and oxygen atoms in total. The van der Waals surface area contributed by atoms with Crippen molar-refractivity contribution in [1.82, 2.24) is 0 Å². The SMILES string of the molecule is COc1ccccc1NC(=O)C(N=Nc1ccc(S(=O)(=O)CCOSOO[O-])cc1)=C(C)O.COc1ccccc1NC(=O)CC(C)=O.Cl.Nc1ccc(S(=O)(=O)CCOS(=O)(=O)O)cc1.O=N[O-].[Na+].[Na+]. The van der Waals surface area contributed by atoms with Crippen LogP contribution in [0.2, 0.25) is 0 Å². The second-order valence-electron chi connectivity index (χ2n) is 12.5. The van der Waals surface area contributed by atoms with E-state index in [1.807, 2.05) is 0 Å². The van der Waals surface area contributed by atoms with Crippen LogP contribution in [0.4, 0.5) is 22.7 Å². The number of benzene rings is 4. The minimum atomic E-state index is -4.62. The summed E-state index contributed by atoms with van der Waals surface area (Å²) in [5, 5.41) is 44.4. The molecule has 4 aromatic rings. The Morgan fingerprint density at radius 3 is 1.63 bits per heavy atom. The van der Waals surface area contributed by atoms with Crippen molar-refractivity contribution in [2.45, 2.75) is 30.1 Å². The fraction of sp³-hybridized carbons (Fsp3) is 0.237. The van der Waals surface area contributed by atoms with Gasteiger partial charge in [-0.2, -0.15) is 13.5 Å². The first-order chi connectivity index (χ1) is 32.0. The van der Waals surface area contributed by atoms with Gasteiger partial charge in [0.05, 0.1) is 72.2 Å². The van der Waals surface area contributed by atoms with Crippen molar-refractivity contribution in [3.8, 4) is 11.5 Å². The number of allylic oxidation sites excluding steroid dienone is 1. The van der Waals surface area contributed by atoms with Crippen molar-refractivity contribution in [3.05, 3.63) is 119 Å². The number of ether oxygens (including phenoxy) is 2. The Morgan fingerprint density at radius 2 is 1.20 bits per heavy atom. The molecule has 0 bridgehead atoms. The molecule has 0 radical (unpaired) electrons. The summed E-state index contributed by atoms with van der Waals surface area (Å²) < 4.78 is 99.2. The van der Waals surface area contributed by atoms with Gasteiger partial charge in [-0.3, -0.25) is 28.2 Å². The normalized spacial score (nSPS) is 11.0. The minimum Gasteiger partial charge on any atom is -0.691 e. The third-order valence-electron chi connectivity index (χ3n) is 7.53. The van der Waals surface area contributed by atoms with Crippen LogP contribution >= 0.6 is 24.7 Å². The van der Waals surface area contributed by atoms with E-state index in [0.717, 1.165) is 5.34 Å². The molecule has 0 heterocycles. The van der Waals surface area contributed by atoms with E-state index in [9.17, 15) is 50.0 Å². The predicted octanol–water partition coefficient (Wildman–Crippen LogP) is -1.06. The molecule has 0 saturated heterocycles. The molecule has 0 aliphatic rings. The molecule has 71 heavy (non-hydrogen) atoms. The Morgan fingerprint density at radius 1 is 0.746 bits per heavy atom.